The van der Waals surface area contributed by atoms with Crippen molar-refractivity contribution < 1.29 is 13.9 Å². The average Bonchev–Trinajstić information content (AvgIpc) is 2.84. The van der Waals surface area contributed by atoms with Gasteiger partial charge in [0, 0.05) is 0 Å². The molecule has 0 heterocycles. The molecule has 0 saturated heterocycles. The first-order valence-electron chi connectivity index (χ1n) is 12.3. The number of hydrogen-bond donors (Lipinski definition) is 0. The number of esters is 1. The van der Waals surface area contributed by atoms with Crippen LogP contribution in [-0.2, 0) is 6.42 Å². The Labute approximate surface area is 197 Å². The number of nitrogens with zero attached hydrogens (tertiary/aromatic N) is 1. The molecule has 1 fully saturated rings. The molecule has 0 atom stereocenters. The van der Waals surface area contributed by atoms with Crippen molar-refractivity contribution in [3.63, 3.8) is 0 Å². The van der Waals surface area contributed by atoms with Gasteiger partial charge in [-0.3, -0.25) is 0 Å². The third-order valence-corrected chi connectivity index (χ3v) is 6.57. The lowest BCUT2D eigenvalue weighted by Gasteiger charge is -2.26. The summed E-state index contributed by atoms with van der Waals surface area (Å²) < 4.78 is 19.1. The molecule has 3 rings (SSSR count). The normalized spacial score (nSPS) is 18.2. The van der Waals surface area contributed by atoms with Crippen LogP contribution >= 0.6 is 0 Å². The van der Waals surface area contributed by atoms with Gasteiger partial charge in [-0.2, -0.15) is 5.26 Å². The van der Waals surface area contributed by atoms with Crippen LogP contribution in [0.25, 0.3) is 0 Å². The minimum absolute atomic E-state index is 0.178. The van der Waals surface area contributed by atoms with Gasteiger partial charge in [0.1, 0.15) is 0 Å². The fourth-order valence-corrected chi connectivity index (χ4v) is 4.51. The van der Waals surface area contributed by atoms with E-state index >= 15 is 0 Å². The van der Waals surface area contributed by atoms with Crippen LogP contribution in [0.5, 0.6) is 5.75 Å². The van der Waals surface area contributed by atoms with E-state index in [9.17, 15) is 9.18 Å². The molecule has 4 heteroatoms. The lowest BCUT2D eigenvalue weighted by molar-refractivity contribution is 0.0728. The molecule has 0 unspecified atom stereocenters. The van der Waals surface area contributed by atoms with Gasteiger partial charge in [-0.1, -0.05) is 56.9 Å². The summed E-state index contributed by atoms with van der Waals surface area (Å²) in [4.78, 5) is 12.3. The van der Waals surface area contributed by atoms with Crippen molar-refractivity contribution in [2.24, 2.45) is 11.8 Å². The Hall–Kier alpha value is -2.93. The Balaban J connectivity index is 1.40. The first kappa shape index (κ1) is 24.7. The highest BCUT2D eigenvalue weighted by molar-refractivity contribution is 5.91. The zero-order valence-corrected chi connectivity index (χ0v) is 19.6. The third kappa shape index (κ3) is 7.86. The summed E-state index contributed by atoms with van der Waals surface area (Å²) in [5.41, 5.74) is 1.70. The van der Waals surface area contributed by atoms with E-state index in [4.69, 9.17) is 10.00 Å². The Morgan fingerprint density at radius 3 is 2.55 bits per heavy atom. The van der Waals surface area contributed by atoms with Crippen molar-refractivity contribution in [1.82, 2.24) is 0 Å². The maximum Gasteiger partial charge on any atom is 0.343 e. The second-order valence-electron chi connectivity index (χ2n) is 9.09. The van der Waals surface area contributed by atoms with E-state index in [1.165, 1.54) is 63.5 Å². The molecule has 2 aromatic rings. The number of carbonyl (C=O) groups excluding carboxylic acids is 1. The maximum atomic E-state index is 13.9. The van der Waals surface area contributed by atoms with Crippen molar-refractivity contribution in [1.29, 1.82) is 5.26 Å². The molecule has 1 aliphatic rings. The molecule has 33 heavy (non-hydrogen) atoms. The number of allylic oxidation sites excluding steroid dienone is 2. The van der Waals surface area contributed by atoms with Crippen LogP contribution in [0.2, 0.25) is 0 Å². The molecule has 0 aliphatic heterocycles. The van der Waals surface area contributed by atoms with Crippen molar-refractivity contribution in [2.75, 3.05) is 0 Å². The summed E-state index contributed by atoms with van der Waals surface area (Å²) in [7, 11) is 0. The van der Waals surface area contributed by atoms with E-state index in [1.54, 1.807) is 12.1 Å². The molecule has 3 nitrogen and oxygen atoms in total. The summed E-state index contributed by atoms with van der Waals surface area (Å²) >= 11 is 0. The molecule has 1 aliphatic carbocycles. The van der Waals surface area contributed by atoms with Gasteiger partial charge in [0.05, 0.1) is 17.2 Å². The highest BCUT2D eigenvalue weighted by atomic mass is 19.1. The van der Waals surface area contributed by atoms with Crippen LogP contribution in [0.15, 0.2) is 54.6 Å². The van der Waals surface area contributed by atoms with Gasteiger partial charge >= 0.3 is 5.97 Å². The lowest BCUT2D eigenvalue weighted by Crippen LogP contribution is -2.13. The summed E-state index contributed by atoms with van der Waals surface area (Å²) in [6.45, 7) is 2.27. The number of halogens is 1. The molecule has 0 N–H and O–H groups in total. The molecule has 0 radical (unpaired) electrons. The first-order chi connectivity index (χ1) is 16.1. The van der Waals surface area contributed by atoms with Crippen LogP contribution in [-0.4, -0.2) is 5.97 Å². The van der Waals surface area contributed by atoms with Crippen LogP contribution in [0.4, 0.5) is 4.39 Å². The summed E-state index contributed by atoms with van der Waals surface area (Å²) in [6.07, 6.45) is 17.5. The van der Waals surface area contributed by atoms with Crippen LogP contribution in [0.1, 0.15) is 86.2 Å². The number of hydrogen-bond acceptors (Lipinski definition) is 3. The second kappa shape index (κ2) is 12.9. The van der Waals surface area contributed by atoms with E-state index in [2.05, 4.69) is 19.1 Å². The minimum atomic E-state index is -0.726. The van der Waals surface area contributed by atoms with Gasteiger partial charge in [-0.25, -0.2) is 9.18 Å². The van der Waals surface area contributed by atoms with Gasteiger partial charge in [-0.05, 0) is 86.3 Å². The fourth-order valence-electron chi connectivity index (χ4n) is 4.51. The third-order valence-electron chi connectivity index (χ3n) is 6.57. The molecule has 0 bridgehead atoms. The highest BCUT2D eigenvalue weighted by Gasteiger charge is 2.18. The van der Waals surface area contributed by atoms with Crippen molar-refractivity contribution in [3.8, 4) is 11.8 Å². The highest BCUT2D eigenvalue weighted by Crippen LogP contribution is 2.32. The van der Waals surface area contributed by atoms with Crippen LogP contribution in [0, 0.1) is 29.0 Å². The Kier molecular flexibility index (Phi) is 9.69. The molecule has 2 aromatic carbocycles. The summed E-state index contributed by atoms with van der Waals surface area (Å²) in [5.74, 6) is 0.154. The molecule has 0 amide bonds. The molecule has 0 spiro atoms. The predicted octanol–water partition coefficient (Wildman–Crippen LogP) is 7.79. The van der Waals surface area contributed by atoms with Gasteiger partial charge in [-0.15, -0.1) is 0 Å². The molecular weight excluding hydrogens is 413 g/mol. The zero-order valence-electron chi connectivity index (χ0n) is 19.6. The van der Waals surface area contributed by atoms with E-state index in [-0.39, 0.29) is 11.3 Å². The van der Waals surface area contributed by atoms with Crippen molar-refractivity contribution in [2.45, 2.75) is 71.1 Å². The van der Waals surface area contributed by atoms with Crippen molar-refractivity contribution >= 4 is 5.97 Å². The van der Waals surface area contributed by atoms with E-state index in [0.717, 1.165) is 36.3 Å². The average molecular weight is 448 g/mol. The second-order valence-corrected chi connectivity index (χ2v) is 9.09. The zero-order chi connectivity index (χ0) is 23.5. The van der Waals surface area contributed by atoms with Crippen LogP contribution in [0.3, 0.4) is 0 Å². The Morgan fingerprint density at radius 2 is 1.88 bits per heavy atom. The number of unbranched alkanes of at least 4 members (excludes halogenated alkanes) is 2. The SMILES string of the molecule is CCCCC[C@H]1CC[C@H](/C=C/CCc2ccc(C(=O)Oc3ccc(C#N)cc3F)cc2)CC1. The van der Waals surface area contributed by atoms with Gasteiger partial charge in [0.25, 0.3) is 0 Å². The van der Waals surface area contributed by atoms with Gasteiger partial charge in [0.2, 0.25) is 0 Å². The maximum absolute atomic E-state index is 13.9. The number of benzene rings is 2. The number of nitriles is 1. The van der Waals surface area contributed by atoms with E-state index in [1.807, 2.05) is 18.2 Å². The number of rotatable bonds is 10. The van der Waals surface area contributed by atoms with Crippen LogP contribution < -0.4 is 4.74 Å². The van der Waals surface area contributed by atoms with Gasteiger partial charge in [0.15, 0.2) is 11.6 Å². The monoisotopic (exact) mass is 447 g/mol. The molecule has 1 saturated carbocycles. The molecule has 174 valence electrons. The molecule has 0 aromatic heterocycles. The fraction of sp³-hybridized carbons (Fsp3) is 0.448. The quantitative estimate of drug-likeness (QED) is 0.162. The summed E-state index contributed by atoms with van der Waals surface area (Å²) in [6, 6.07) is 12.9. The Bertz CT molecular complexity index is 966. The summed E-state index contributed by atoms with van der Waals surface area (Å²) in [5, 5.41) is 8.80. The number of aryl methyl sites for hydroxylation is 1. The van der Waals surface area contributed by atoms with E-state index < -0.39 is 11.8 Å². The number of carbonyl (C=O) groups is 1. The van der Waals surface area contributed by atoms with Gasteiger partial charge < -0.3 is 4.74 Å². The smallest absolute Gasteiger partial charge is 0.343 e. The largest absolute Gasteiger partial charge is 0.420 e. The topological polar surface area (TPSA) is 50.1 Å². The van der Waals surface area contributed by atoms with Crippen molar-refractivity contribution in [3.05, 3.63) is 77.1 Å². The molecular formula is C29H34FNO2. The lowest BCUT2D eigenvalue weighted by atomic mass is 9.79. The first-order valence-corrected chi connectivity index (χ1v) is 12.3. The predicted molar refractivity (Wildman–Crippen MR) is 130 cm³/mol. The number of ether oxygens (including phenoxy) is 1. The minimum Gasteiger partial charge on any atom is -0.420 e. The standard InChI is InChI=1S/C29H34FNO2/c1-2-3-4-7-22-10-12-23(13-11-22)8-5-6-9-24-14-17-26(18-15-24)29(32)33-28-19-16-25(21-31)20-27(28)30/h5,8,14-20,22-23H,2-4,6-7,9-13H2,1H3/b8-5+/t22-,23-. The Morgan fingerprint density at radius 1 is 1.12 bits per heavy atom. The van der Waals surface area contributed by atoms with E-state index in [0.29, 0.717) is 5.56 Å².